The van der Waals surface area contributed by atoms with E-state index in [4.69, 9.17) is 9.15 Å². The number of fused-ring (bicyclic) bond motifs is 4. The van der Waals surface area contributed by atoms with E-state index in [0.717, 1.165) is 42.1 Å². The fraction of sp³-hybridized carbons (Fsp3) is 0.364. The number of aromatic nitrogens is 2. The Labute approximate surface area is 246 Å². The van der Waals surface area contributed by atoms with Crippen molar-refractivity contribution in [3.05, 3.63) is 95.6 Å². The molecule has 4 bridgehead atoms. The first-order chi connectivity index (χ1) is 20.4. The summed E-state index contributed by atoms with van der Waals surface area (Å²) in [5.74, 6) is 1.33. The molecule has 0 spiro atoms. The van der Waals surface area contributed by atoms with E-state index >= 15 is 0 Å². The summed E-state index contributed by atoms with van der Waals surface area (Å²) in [6.07, 6.45) is 6.26. The van der Waals surface area contributed by atoms with Gasteiger partial charge in [0.2, 0.25) is 5.89 Å². The van der Waals surface area contributed by atoms with E-state index in [0.29, 0.717) is 42.5 Å². The number of pyridine rings is 1. The van der Waals surface area contributed by atoms with Crippen molar-refractivity contribution in [2.24, 2.45) is 0 Å². The van der Waals surface area contributed by atoms with Gasteiger partial charge in [0.25, 0.3) is 5.91 Å². The Morgan fingerprint density at radius 1 is 1.05 bits per heavy atom. The van der Waals surface area contributed by atoms with Crippen LogP contribution in [0.15, 0.2) is 77.7 Å². The highest BCUT2D eigenvalue weighted by Crippen LogP contribution is 2.25. The first kappa shape index (κ1) is 29.3. The molecule has 0 saturated heterocycles. The molecule has 3 heterocycles. The Morgan fingerprint density at radius 2 is 1.93 bits per heavy atom. The molecule has 2 atom stereocenters. The van der Waals surface area contributed by atoms with Crippen LogP contribution in [0, 0.1) is 0 Å². The molecule has 0 unspecified atom stereocenters. The van der Waals surface area contributed by atoms with Crippen LogP contribution in [0.3, 0.4) is 0 Å². The second kappa shape index (κ2) is 14.1. The minimum Gasteiger partial charge on any atom is -0.494 e. The van der Waals surface area contributed by atoms with Gasteiger partial charge in [-0.15, -0.1) is 0 Å². The third-order valence-electron chi connectivity index (χ3n) is 7.35. The number of hydrogen-bond donors (Lipinski definition) is 4. The number of hydrogen-bond acceptors (Lipinski definition) is 8. The monoisotopic (exact) mass is 569 g/mol. The predicted octanol–water partition coefficient (Wildman–Crippen LogP) is 4.94. The van der Waals surface area contributed by atoms with Gasteiger partial charge >= 0.3 is 0 Å². The molecule has 0 aliphatic carbocycles. The third-order valence-corrected chi connectivity index (χ3v) is 7.35. The van der Waals surface area contributed by atoms with Gasteiger partial charge in [0.05, 0.1) is 30.6 Å². The molecule has 4 aromatic rings. The lowest BCUT2D eigenvalue weighted by atomic mass is 9.99. The molecule has 220 valence electrons. The first-order valence-corrected chi connectivity index (χ1v) is 14.6. The molecule has 1 aliphatic rings. The number of rotatable bonds is 7. The fourth-order valence-corrected chi connectivity index (χ4v) is 4.99. The van der Waals surface area contributed by atoms with Gasteiger partial charge in [-0.3, -0.25) is 9.78 Å². The second-order valence-corrected chi connectivity index (χ2v) is 11.0. The summed E-state index contributed by atoms with van der Waals surface area (Å²) < 4.78 is 11.5. The number of amides is 1. The van der Waals surface area contributed by atoms with Crippen LogP contribution in [-0.4, -0.2) is 52.8 Å². The van der Waals surface area contributed by atoms with Gasteiger partial charge in [-0.25, -0.2) is 4.98 Å². The van der Waals surface area contributed by atoms with E-state index in [-0.39, 0.29) is 12.5 Å². The van der Waals surface area contributed by atoms with Crippen LogP contribution in [0.2, 0.25) is 0 Å². The number of ether oxygens (including phenoxy) is 1. The smallest absolute Gasteiger partial charge is 0.251 e. The maximum Gasteiger partial charge on any atom is 0.251 e. The minimum atomic E-state index is -0.863. The lowest BCUT2D eigenvalue weighted by Crippen LogP contribution is -2.48. The summed E-state index contributed by atoms with van der Waals surface area (Å²) >= 11 is 0. The highest BCUT2D eigenvalue weighted by molar-refractivity contribution is 5.96. The number of nitrogens with zero attached hydrogens (tertiary/aromatic N) is 2. The topological polar surface area (TPSA) is 122 Å². The van der Waals surface area contributed by atoms with Crippen molar-refractivity contribution in [3.63, 3.8) is 0 Å². The van der Waals surface area contributed by atoms with E-state index in [1.54, 1.807) is 12.3 Å². The summed E-state index contributed by atoms with van der Waals surface area (Å²) in [6, 6.07) is 16.9. The minimum absolute atomic E-state index is 0.276. The Kier molecular flexibility index (Phi) is 9.84. The lowest BCUT2D eigenvalue weighted by Gasteiger charge is -2.25. The van der Waals surface area contributed by atoms with Gasteiger partial charge in [0.15, 0.2) is 0 Å². The van der Waals surface area contributed by atoms with Crippen LogP contribution in [0.25, 0.3) is 11.5 Å². The number of anilines is 1. The number of carbonyl (C=O) groups excluding carboxylic acids is 1. The number of benzene rings is 2. The van der Waals surface area contributed by atoms with Gasteiger partial charge in [-0.2, -0.15) is 0 Å². The number of aliphatic hydroxyl groups is 1. The van der Waals surface area contributed by atoms with Crippen LogP contribution < -0.4 is 20.7 Å². The van der Waals surface area contributed by atoms with E-state index in [2.05, 4.69) is 45.8 Å². The maximum absolute atomic E-state index is 13.7. The van der Waals surface area contributed by atoms with Crippen LogP contribution >= 0.6 is 0 Å². The third kappa shape index (κ3) is 7.96. The summed E-state index contributed by atoms with van der Waals surface area (Å²) in [6.45, 7) is 6.41. The number of carbonyl (C=O) groups is 1. The molecule has 0 radical (unpaired) electrons. The van der Waals surface area contributed by atoms with Gasteiger partial charge in [0.1, 0.15) is 12.0 Å². The molecular weight excluding hydrogens is 530 g/mol. The zero-order valence-electron chi connectivity index (χ0n) is 24.2. The number of oxazole rings is 1. The molecule has 0 fully saturated rings. The Bertz CT molecular complexity index is 1460. The molecular formula is C33H39N5O4. The largest absolute Gasteiger partial charge is 0.494 e. The zero-order valence-corrected chi connectivity index (χ0v) is 24.2. The average molecular weight is 570 g/mol. The van der Waals surface area contributed by atoms with E-state index in [9.17, 15) is 9.90 Å². The second-order valence-electron chi connectivity index (χ2n) is 11.0. The van der Waals surface area contributed by atoms with Crippen molar-refractivity contribution in [1.82, 2.24) is 20.6 Å². The highest BCUT2D eigenvalue weighted by Gasteiger charge is 2.24. The van der Waals surface area contributed by atoms with Crippen molar-refractivity contribution in [2.75, 3.05) is 25.0 Å². The molecule has 2 aromatic heterocycles. The Hall–Kier alpha value is -4.21. The molecule has 2 aromatic carbocycles. The van der Waals surface area contributed by atoms with Crippen molar-refractivity contribution in [3.8, 4) is 17.2 Å². The zero-order chi connectivity index (χ0) is 29.3. The number of aliphatic hydroxyl groups excluding tert-OH is 1. The van der Waals surface area contributed by atoms with Crippen LogP contribution in [0.5, 0.6) is 5.75 Å². The SMILES string of the molecule is CC(C)c1ccnc(CNC[C@@H](O)[C@@H]2Cc3cccc(c3)OCCCCNc3cc(cc(-c4ncco4)c3)C(=O)N2)c1. The van der Waals surface area contributed by atoms with Gasteiger partial charge < -0.3 is 30.2 Å². The summed E-state index contributed by atoms with van der Waals surface area (Å²) in [7, 11) is 0. The average Bonchev–Trinajstić information content (AvgIpc) is 3.54. The predicted molar refractivity (Wildman–Crippen MR) is 163 cm³/mol. The Morgan fingerprint density at radius 3 is 2.76 bits per heavy atom. The standard InChI is InChI=1S/C33H39N5O4/c1-22(2)24-8-10-36-28(17-24)20-34-21-31(39)30-15-23-6-5-7-29(14-23)41-12-4-3-9-35-27-18-25(32(40)38-30)16-26(19-27)33-37-11-13-42-33/h5-8,10-11,13-14,16-19,22,30-31,34-35,39H,3-4,9,12,15,20-21H2,1-2H3,(H,38,40)/t30-,31+/m0/s1. The van der Waals surface area contributed by atoms with E-state index in [1.807, 2.05) is 48.7 Å². The normalized spacial score (nSPS) is 16.8. The highest BCUT2D eigenvalue weighted by atomic mass is 16.5. The van der Waals surface area contributed by atoms with E-state index in [1.165, 1.54) is 11.8 Å². The van der Waals surface area contributed by atoms with Gasteiger partial charge in [-0.1, -0.05) is 26.0 Å². The molecule has 1 aliphatic heterocycles. The van der Waals surface area contributed by atoms with Crippen LogP contribution in [-0.2, 0) is 13.0 Å². The fourth-order valence-electron chi connectivity index (χ4n) is 4.99. The molecule has 0 saturated carbocycles. The van der Waals surface area contributed by atoms with Crippen molar-refractivity contribution in [2.45, 2.75) is 57.7 Å². The lowest BCUT2D eigenvalue weighted by molar-refractivity contribution is 0.0829. The van der Waals surface area contributed by atoms with Crippen molar-refractivity contribution < 1.29 is 19.1 Å². The summed E-state index contributed by atoms with van der Waals surface area (Å²) in [4.78, 5) is 22.4. The molecule has 1 amide bonds. The molecule has 9 nitrogen and oxygen atoms in total. The molecule has 9 heteroatoms. The molecule has 42 heavy (non-hydrogen) atoms. The summed E-state index contributed by atoms with van der Waals surface area (Å²) in [5, 5.41) is 21.2. The maximum atomic E-state index is 13.7. The van der Waals surface area contributed by atoms with Crippen molar-refractivity contribution in [1.29, 1.82) is 0 Å². The molecule has 4 N–H and O–H groups in total. The quantitative estimate of drug-likeness (QED) is 0.247. The molecule has 5 rings (SSSR count). The van der Waals surface area contributed by atoms with Crippen molar-refractivity contribution >= 4 is 11.6 Å². The Balaban J connectivity index is 1.37. The van der Waals surface area contributed by atoms with E-state index < -0.39 is 12.1 Å². The first-order valence-electron chi connectivity index (χ1n) is 14.6. The van der Waals surface area contributed by atoms with Crippen LogP contribution in [0.1, 0.15) is 59.8 Å². The summed E-state index contributed by atoms with van der Waals surface area (Å²) in [5.41, 5.74) is 5.04. The number of nitrogens with one attached hydrogen (secondary N) is 3. The van der Waals surface area contributed by atoms with Crippen LogP contribution in [0.4, 0.5) is 5.69 Å². The van der Waals surface area contributed by atoms with Gasteiger partial charge in [0, 0.05) is 42.6 Å². The van der Waals surface area contributed by atoms with Gasteiger partial charge in [-0.05, 0) is 78.8 Å².